The smallest absolute Gasteiger partial charge is 0.274 e. The fourth-order valence-electron chi connectivity index (χ4n) is 4.26. The van der Waals surface area contributed by atoms with Crippen molar-refractivity contribution in [2.24, 2.45) is 10.2 Å². The second-order valence-electron chi connectivity index (χ2n) is 11.9. The molecule has 0 atom stereocenters. The van der Waals surface area contributed by atoms with Gasteiger partial charge in [0.05, 0.1) is 19.6 Å². The van der Waals surface area contributed by atoms with Crippen LogP contribution < -0.4 is 20.5 Å². The highest BCUT2D eigenvalue weighted by Gasteiger charge is 2.41. The molecule has 0 unspecified atom stereocenters. The van der Waals surface area contributed by atoms with E-state index in [0.29, 0.717) is 22.3 Å². The van der Waals surface area contributed by atoms with E-state index in [1.807, 2.05) is 0 Å². The summed E-state index contributed by atoms with van der Waals surface area (Å²) in [7, 11) is -19.7. The lowest BCUT2D eigenvalue weighted by Crippen LogP contribution is -2.52. The normalized spacial score (nSPS) is 11.9. The Bertz CT molecular complexity index is 2530. The van der Waals surface area contributed by atoms with Crippen molar-refractivity contribution >= 4 is 73.2 Å². The first kappa shape index (κ1) is 43.0. The molecule has 0 spiro atoms. The topological polar surface area (TPSA) is 278 Å². The molecular weight excluding hydrogens is 813 g/mol. The fraction of sp³-hybridized carbons (Fsp3) is 0.118. The molecule has 0 radical (unpaired) electrons. The van der Waals surface area contributed by atoms with E-state index >= 15 is 0 Å². The monoisotopic (exact) mass is 844 g/mol. The zero-order chi connectivity index (χ0) is 41.6. The first-order chi connectivity index (χ1) is 26.1. The zero-order valence-electron chi connectivity index (χ0n) is 29.7. The molecule has 4 N–H and O–H groups in total. The van der Waals surface area contributed by atoms with Crippen molar-refractivity contribution in [2.45, 2.75) is 47.3 Å². The Kier molecular flexibility index (Phi) is 13.0. The molecule has 56 heavy (non-hydrogen) atoms. The van der Waals surface area contributed by atoms with Gasteiger partial charge in [-0.2, -0.15) is 0 Å². The van der Waals surface area contributed by atoms with Crippen LogP contribution in [0.15, 0.2) is 127 Å². The van der Waals surface area contributed by atoms with Crippen LogP contribution in [0.4, 0.5) is 0 Å². The summed E-state index contributed by atoms with van der Waals surface area (Å²) >= 11 is 0. The zero-order valence-corrected chi connectivity index (χ0v) is 32.9. The number of benzene rings is 4. The van der Waals surface area contributed by atoms with Crippen LogP contribution in [-0.2, 0) is 58.9 Å². The SMILES string of the molecule is Cc1ccc(S(=O)(=O)NNC(=O)C(=NN=C(C(=O)S(=O)(=O)c2ccc(C)cc2)C(=O)S(=O)(=O)c2ccc(C)cc2)C(=O)NNS(=O)(=O)c2ccc(C)cc2)cc1. The molecule has 0 saturated heterocycles. The second kappa shape index (κ2) is 16.9. The summed E-state index contributed by atoms with van der Waals surface area (Å²) in [6, 6.07) is 19.5. The average molecular weight is 845 g/mol. The number of hydrogen-bond acceptors (Lipinski definition) is 14. The Morgan fingerprint density at radius 2 is 0.643 bits per heavy atom. The molecule has 4 aromatic carbocycles. The molecule has 2 amide bonds. The van der Waals surface area contributed by atoms with Gasteiger partial charge in [-0.1, -0.05) is 70.8 Å². The molecule has 0 aliphatic heterocycles. The highest BCUT2D eigenvalue weighted by molar-refractivity contribution is 8.12. The van der Waals surface area contributed by atoms with Gasteiger partial charge in [0.2, 0.25) is 31.1 Å². The molecule has 0 aliphatic rings. The molecule has 4 rings (SSSR count). The van der Waals surface area contributed by atoms with Crippen LogP contribution in [0.5, 0.6) is 0 Å². The van der Waals surface area contributed by atoms with Gasteiger partial charge in [-0.05, 0) is 76.2 Å². The molecule has 294 valence electrons. The lowest BCUT2D eigenvalue weighted by atomic mass is 10.2. The highest BCUT2D eigenvalue weighted by Crippen LogP contribution is 2.19. The summed E-state index contributed by atoms with van der Waals surface area (Å²) in [6.07, 6.45) is 0. The maximum atomic E-state index is 13.6. The van der Waals surface area contributed by atoms with Gasteiger partial charge in [0.1, 0.15) is 0 Å². The van der Waals surface area contributed by atoms with E-state index in [9.17, 15) is 52.8 Å². The number of nitrogens with one attached hydrogen (secondary N) is 4. The minimum Gasteiger partial charge on any atom is -0.274 e. The van der Waals surface area contributed by atoms with Crippen LogP contribution in [0, 0.1) is 27.7 Å². The van der Waals surface area contributed by atoms with E-state index in [-0.39, 0.29) is 9.79 Å². The van der Waals surface area contributed by atoms with Crippen LogP contribution in [0.3, 0.4) is 0 Å². The first-order valence-corrected chi connectivity index (χ1v) is 21.6. The highest BCUT2D eigenvalue weighted by atomic mass is 32.2. The van der Waals surface area contributed by atoms with E-state index in [4.69, 9.17) is 0 Å². The molecule has 0 aliphatic carbocycles. The lowest BCUT2D eigenvalue weighted by molar-refractivity contribution is -0.119. The molecule has 4 aromatic rings. The van der Waals surface area contributed by atoms with Gasteiger partial charge in [0, 0.05) is 0 Å². The second-order valence-corrected chi connectivity index (χ2v) is 18.9. The molecule has 0 aromatic heterocycles. The van der Waals surface area contributed by atoms with Crippen LogP contribution in [-0.4, -0.2) is 67.1 Å². The minimum atomic E-state index is -5.27. The summed E-state index contributed by atoms with van der Waals surface area (Å²) in [5, 5.41) is 1.97. The van der Waals surface area contributed by atoms with Crippen LogP contribution >= 0.6 is 0 Å². The quantitative estimate of drug-likeness (QED) is 0.0835. The van der Waals surface area contributed by atoms with Gasteiger partial charge < -0.3 is 0 Å². The summed E-state index contributed by atoms with van der Waals surface area (Å²) in [6.45, 7) is 6.53. The van der Waals surface area contributed by atoms with Crippen LogP contribution in [0.1, 0.15) is 22.3 Å². The number of amides is 2. The average Bonchev–Trinajstić information content (AvgIpc) is 3.15. The number of hydrogen-bond donors (Lipinski definition) is 4. The van der Waals surface area contributed by atoms with Crippen LogP contribution in [0.2, 0.25) is 0 Å². The third kappa shape index (κ3) is 10.1. The van der Waals surface area contributed by atoms with Crippen molar-refractivity contribution in [3.8, 4) is 0 Å². The van der Waals surface area contributed by atoms with Crippen molar-refractivity contribution in [1.82, 2.24) is 20.5 Å². The van der Waals surface area contributed by atoms with E-state index in [1.165, 1.54) is 72.8 Å². The lowest BCUT2D eigenvalue weighted by Gasteiger charge is -2.11. The Labute approximate surface area is 322 Å². The molecule has 18 nitrogen and oxygen atoms in total. The number of carbonyl (C=O) groups is 4. The largest absolute Gasteiger partial charge is 0.306 e. The minimum absolute atomic E-state index is 0.365. The van der Waals surface area contributed by atoms with Gasteiger partial charge in [-0.25, -0.2) is 33.7 Å². The molecule has 0 bridgehead atoms. The number of aryl methyl sites for hydroxylation is 4. The standard InChI is InChI=1S/C34H32N6O12S4/c1-21-5-13-25(14-6-21)53(45,46)33(43)30(34(44)54(47,48)26-15-7-22(2)8-16-26)36-35-29(31(41)37-39-55(49,50)27-17-9-23(3)10-18-27)32(42)38-40-56(51,52)28-19-11-24(4)12-20-28/h5-20,39-40H,1-4H3,(H,37,41)(H,38,42). The summed E-state index contributed by atoms with van der Waals surface area (Å²) < 4.78 is 105. The summed E-state index contributed by atoms with van der Waals surface area (Å²) in [4.78, 5) is 55.0. The van der Waals surface area contributed by atoms with E-state index in [1.54, 1.807) is 48.2 Å². The van der Waals surface area contributed by atoms with E-state index < -0.39 is 83.0 Å². The molecule has 0 fully saturated rings. The summed E-state index contributed by atoms with van der Waals surface area (Å²) in [5.41, 5.74) is 2.23. The van der Waals surface area contributed by atoms with Gasteiger partial charge >= 0.3 is 10.2 Å². The number of sulfone groups is 2. The number of carbonyl (C=O) groups excluding carboxylic acids is 4. The number of hydrazine groups is 2. The van der Waals surface area contributed by atoms with Crippen molar-refractivity contribution in [1.29, 1.82) is 0 Å². The summed E-state index contributed by atoms with van der Waals surface area (Å²) in [5.74, 6) is -3.61. The number of nitrogens with zero attached hydrogens (tertiary/aromatic N) is 2. The molecule has 22 heteroatoms. The van der Waals surface area contributed by atoms with Gasteiger partial charge in [0.25, 0.3) is 31.9 Å². The maximum absolute atomic E-state index is 13.6. The third-order valence-electron chi connectivity index (χ3n) is 7.48. The predicted octanol–water partition coefficient (Wildman–Crippen LogP) is 1.04. The Morgan fingerprint density at radius 1 is 0.393 bits per heavy atom. The van der Waals surface area contributed by atoms with Gasteiger partial charge in [-0.3, -0.25) is 30.0 Å². The van der Waals surface area contributed by atoms with Crippen molar-refractivity contribution in [2.75, 3.05) is 0 Å². The molecule has 0 saturated carbocycles. The first-order valence-electron chi connectivity index (χ1n) is 15.7. The van der Waals surface area contributed by atoms with Crippen molar-refractivity contribution < 1.29 is 52.8 Å². The Morgan fingerprint density at radius 3 is 0.929 bits per heavy atom. The third-order valence-corrected chi connectivity index (χ3v) is 13.2. The predicted molar refractivity (Wildman–Crippen MR) is 201 cm³/mol. The molecular formula is C34H32N6O12S4. The number of sulfonamides is 2. The van der Waals surface area contributed by atoms with E-state index in [2.05, 4.69) is 10.2 Å². The Hall–Kier alpha value is -5.78. The van der Waals surface area contributed by atoms with Crippen molar-refractivity contribution in [3.63, 3.8) is 0 Å². The maximum Gasteiger partial charge on any atom is 0.306 e. The number of rotatable bonds is 13. The molecule has 0 heterocycles. The fourth-order valence-corrected chi connectivity index (χ4v) is 8.20. The van der Waals surface area contributed by atoms with E-state index in [0.717, 1.165) is 24.3 Å². The Balaban J connectivity index is 1.84. The van der Waals surface area contributed by atoms with Crippen LogP contribution in [0.25, 0.3) is 0 Å². The van der Waals surface area contributed by atoms with Gasteiger partial charge in [0.15, 0.2) is 0 Å². The van der Waals surface area contributed by atoms with Gasteiger partial charge in [-0.15, -0.1) is 19.9 Å². The van der Waals surface area contributed by atoms with Crippen molar-refractivity contribution in [3.05, 3.63) is 119 Å².